The van der Waals surface area contributed by atoms with Gasteiger partial charge in [-0.2, -0.15) is 0 Å². The second-order valence-electron chi connectivity index (χ2n) is 4.32. The molecule has 0 unspecified atom stereocenters. The molecule has 0 bridgehead atoms. The van der Waals surface area contributed by atoms with Crippen LogP contribution in [0, 0.1) is 5.92 Å². The highest BCUT2D eigenvalue weighted by atomic mass is 16.4. The van der Waals surface area contributed by atoms with Gasteiger partial charge in [-0.3, -0.25) is 14.4 Å². The normalized spacial score (nSPS) is 14.2. The fourth-order valence-electron chi connectivity index (χ4n) is 1.62. The van der Waals surface area contributed by atoms with Gasteiger partial charge in [0.25, 0.3) is 11.5 Å². The summed E-state index contributed by atoms with van der Waals surface area (Å²) in [5.41, 5.74) is -0.352. The minimum absolute atomic E-state index is 0.0523. The third-order valence-corrected chi connectivity index (χ3v) is 2.68. The minimum atomic E-state index is -1.06. The number of H-pyrrole nitrogens is 1. The summed E-state index contributed by atoms with van der Waals surface area (Å²) in [5.74, 6) is -1.15. The van der Waals surface area contributed by atoms with Gasteiger partial charge >= 0.3 is 5.97 Å². The van der Waals surface area contributed by atoms with Crippen LogP contribution in [0.3, 0.4) is 0 Å². The van der Waals surface area contributed by atoms with Crippen molar-refractivity contribution in [1.82, 2.24) is 14.9 Å². The van der Waals surface area contributed by atoms with E-state index in [-0.39, 0.29) is 12.2 Å². The van der Waals surface area contributed by atoms with Crippen LogP contribution in [-0.2, 0) is 4.79 Å². The molecule has 1 saturated carbocycles. The Balaban J connectivity index is 2.12. The van der Waals surface area contributed by atoms with E-state index in [1.807, 2.05) is 0 Å². The molecule has 0 atom stereocenters. The fourth-order valence-corrected chi connectivity index (χ4v) is 1.62. The number of amides is 1. The molecule has 0 spiro atoms. The Kier molecular flexibility index (Phi) is 3.40. The highest BCUT2D eigenvalue weighted by molar-refractivity contribution is 5.93. The number of carbonyl (C=O) groups excluding carboxylic acids is 1. The molecule has 2 N–H and O–H groups in total. The number of carboxylic acids is 1. The number of aromatic nitrogens is 2. The lowest BCUT2D eigenvalue weighted by Gasteiger charge is -2.19. The monoisotopic (exact) mass is 251 g/mol. The zero-order chi connectivity index (χ0) is 13.1. The summed E-state index contributed by atoms with van der Waals surface area (Å²) in [7, 11) is 0. The van der Waals surface area contributed by atoms with Crippen molar-refractivity contribution in [3.8, 4) is 0 Å². The number of nitrogens with one attached hydrogen (secondary N) is 1. The van der Waals surface area contributed by atoms with E-state index in [1.54, 1.807) is 0 Å². The Morgan fingerprint density at radius 1 is 1.50 bits per heavy atom. The Labute approximate surface area is 102 Å². The molecule has 1 heterocycles. The van der Waals surface area contributed by atoms with Crippen LogP contribution in [0.5, 0.6) is 0 Å². The zero-order valence-electron chi connectivity index (χ0n) is 9.63. The molecule has 18 heavy (non-hydrogen) atoms. The molecule has 96 valence electrons. The minimum Gasteiger partial charge on any atom is -0.480 e. The number of aromatic amines is 1. The van der Waals surface area contributed by atoms with Gasteiger partial charge in [0.05, 0.1) is 6.20 Å². The van der Waals surface area contributed by atoms with Crippen molar-refractivity contribution in [2.45, 2.75) is 12.8 Å². The van der Waals surface area contributed by atoms with Crippen molar-refractivity contribution in [3.05, 3.63) is 28.4 Å². The van der Waals surface area contributed by atoms with Gasteiger partial charge in [0.15, 0.2) is 0 Å². The van der Waals surface area contributed by atoms with E-state index in [0.717, 1.165) is 19.0 Å². The lowest BCUT2D eigenvalue weighted by molar-refractivity contribution is -0.137. The quantitative estimate of drug-likeness (QED) is 0.748. The topological polar surface area (TPSA) is 103 Å². The average Bonchev–Trinajstić information content (AvgIpc) is 3.12. The molecule has 1 aromatic heterocycles. The van der Waals surface area contributed by atoms with Crippen LogP contribution in [0.2, 0.25) is 0 Å². The number of nitrogens with zero attached hydrogens (tertiary/aromatic N) is 2. The van der Waals surface area contributed by atoms with Gasteiger partial charge in [0, 0.05) is 12.7 Å². The van der Waals surface area contributed by atoms with Crippen molar-refractivity contribution >= 4 is 11.9 Å². The van der Waals surface area contributed by atoms with Crippen LogP contribution in [0.1, 0.15) is 23.3 Å². The summed E-state index contributed by atoms with van der Waals surface area (Å²) in [5, 5.41) is 8.78. The first-order valence-electron chi connectivity index (χ1n) is 5.62. The number of aliphatic carboxylic acids is 1. The largest absolute Gasteiger partial charge is 0.480 e. The van der Waals surface area contributed by atoms with Crippen LogP contribution in [0.25, 0.3) is 0 Å². The van der Waals surface area contributed by atoms with Gasteiger partial charge in [0.2, 0.25) is 0 Å². The van der Waals surface area contributed by atoms with Crippen LogP contribution >= 0.6 is 0 Å². The van der Waals surface area contributed by atoms with Gasteiger partial charge in [-0.25, -0.2) is 4.98 Å². The van der Waals surface area contributed by atoms with Crippen LogP contribution in [0.4, 0.5) is 0 Å². The van der Waals surface area contributed by atoms with Crippen molar-refractivity contribution < 1.29 is 14.7 Å². The molecule has 1 aliphatic carbocycles. The van der Waals surface area contributed by atoms with E-state index in [1.165, 1.54) is 11.1 Å². The van der Waals surface area contributed by atoms with Gasteiger partial charge in [-0.1, -0.05) is 0 Å². The molecule has 0 radical (unpaired) electrons. The second-order valence-corrected chi connectivity index (χ2v) is 4.32. The maximum absolute atomic E-state index is 12.0. The number of rotatable bonds is 5. The van der Waals surface area contributed by atoms with Crippen LogP contribution in [-0.4, -0.2) is 44.9 Å². The first-order chi connectivity index (χ1) is 8.56. The van der Waals surface area contributed by atoms with Crippen LogP contribution < -0.4 is 5.56 Å². The molecule has 1 fully saturated rings. The summed E-state index contributed by atoms with van der Waals surface area (Å²) in [6.07, 6.45) is 4.24. The lowest BCUT2D eigenvalue weighted by atomic mass is 10.3. The third kappa shape index (κ3) is 3.16. The number of hydrogen-bond acceptors (Lipinski definition) is 4. The van der Waals surface area contributed by atoms with E-state index in [0.29, 0.717) is 12.5 Å². The van der Waals surface area contributed by atoms with E-state index < -0.39 is 17.4 Å². The molecule has 0 aliphatic heterocycles. The Morgan fingerprint density at radius 2 is 2.22 bits per heavy atom. The molecule has 1 aromatic rings. The average molecular weight is 251 g/mol. The molecule has 7 nitrogen and oxygen atoms in total. The van der Waals surface area contributed by atoms with Gasteiger partial charge < -0.3 is 15.0 Å². The summed E-state index contributed by atoms with van der Waals surface area (Å²) in [4.78, 5) is 40.9. The molecular weight excluding hydrogens is 238 g/mol. The molecule has 7 heteroatoms. The SMILES string of the molecule is O=C(O)CN(CC1CC1)C(=O)c1c[nH]c(=O)cn1. The number of carboxylic acid groups (broad SMARTS) is 1. The van der Waals surface area contributed by atoms with E-state index in [4.69, 9.17) is 5.11 Å². The number of hydrogen-bond donors (Lipinski definition) is 2. The zero-order valence-corrected chi connectivity index (χ0v) is 9.63. The summed E-state index contributed by atoms with van der Waals surface area (Å²) in [6.45, 7) is 0.0715. The van der Waals surface area contributed by atoms with Crippen molar-refractivity contribution in [2.24, 2.45) is 5.92 Å². The third-order valence-electron chi connectivity index (χ3n) is 2.68. The van der Waals surface area contributed by atoms with Crippen molar-refractivity contribution in [2.75, 3.05) is 13.1 Å². The second kappa shape index (κ2) is 4.99. The van der Waals surface area contributed by atoms with E-state index in [2.05, 4.69) is 9.97 Å². The first-order valence-corrected chi connectivity index (χ1v) is 5.62. The van der Waals surface area contributed by atoms with Gasteiger partial charge in [0.1, 0.15) is 12.2 Å². The van der Waals surface area contributed by atoms with Gasteiger partial charge in [-0.15, -0.1) is 0 Å². The predicted molar refractivity (Wildman–Crippen MR) is 61.1 cm³/mol. The first kappa shape index (κ1) is 12.3. The predicted octanol–water partition coefficient (Wildman–Crippen LogP) is -0.293. The molecule has 2 rings (SSSR count). The molecule has 1 aliphatic rings. The van der Waals surface area contributed by atoms with Crippen molar-refractivity contribution in [1.29, 1.82) is 0 Å². The highest BCUT2D eigenvalue weighted by Gasteiger charge is 2.28. The standard InChI is InChI=1S/C11H13N3O4/c15-9-4-12-8(3-13-9)11(18)14(6-10(16)17)5-7-1-2-7/h3-4,7H,1-2,5-6H2,(H,13,15)(H,16,17). The Morgan fingerprint density at radius 3 is 2.72 bits per heavy atom. The summed E-state index contributed by atoms with van der Waals surface area (Å²) < 4.78 is 0. The fraction of sp³-hybridized carbons (Fsp3) is 0.455. The van der Waals surface area contributed by atoms with E-state index >= 15 is 0 Å². The molecule has 0 saturated heterocycles. The highest BCUT2D eigenvalue weighted by Crippen LogP contribution is 2.29. The maximum atomic E-state index is 12.0. The van der Waals surface area contributed by atoms with Crippen LogP contribution in [0.15, 0.2) is 17.2 Å². The Bertz CT molecular complexity index is 501. The smallest absolute Gasteiger partial charge is 0.323 e. The molecular formula is C11H13N3O4. The maximum Gasteiger partial charge on any atom is 0.323 e. The molecule has 1 amide bonds. The summed E-state index contributed by atoms with van der Waals surface area (Å²) >= 11 is 0. The van der Waals surface area contributed by atoms with Crippen molar-refractivity contribution in [3.63, 3.8) is 0 Å². The van der Waals surface area contributed by atoms with E-state index in [9.17, 15) is 14.4 Å². The number of carbonyl (C=O) groups is 2. The lowest BCUT2D eigenvalue weighted by Crippen LogP contribution is -2.38. The van der Waals surface area contributed by atoms with Gasteiger partial charge in [-0.05, 0) is 18.8 Å². The molecule has 0 aromatic carbocycles. The summed E-state index contributed by atoms with van der Waals surface area (Å²) in [6, 6.07) is 0. The Hall–Kier alpha value is -2.18.